The Kier molecular flexibility index (Phi) is 6.58. The van der Waals surface area contributed by atoms with Gasteiger partial charge in [0.25, 0.3) is 0 Å². The van der Waals surface area contributed by atoms with Crippen molar-refractivity contribution in [3.8, 4) is 11.1 Å². The first-order chi connectivity index (χ1) is 16.4. The van der Waals surface area contributed by atoms with Crippen LogP contribution in [-0.4, -0.2) is 35.7 Å². The third kappa shape index (κ3) is 4.61. The SMILES string of the molecule is CC[C@@H](NC(=O)OCC1c2ccccc2-c2ccccc21)C(=O)Nc1ccc(C(=O)O)c(F)c1. The standard InChI is InChI=1S/C26H23FN2O5/c1-2-23(24(30)28-15-11-12-20(25(31)32)22(27)13-15)29-26(33)34-14-21-18-9-5-3-7-16(18)17-8-4-6-10-19(17)21/h3-13,21,23H,2,14H2,1H3,(H,28,30)(H,29,33)(H,31,32)/t23-/m1/s1. The first-order valence-electron chi connectivity index (χ1n) is 10.8. The molecule has 2 amide bonds. The molecule has 174 valence electrons. The van der Waals surface area contributed by atoms with Crippen molar-refractivity contribution >= 4 is 23.7 Å². The number of anilines is 1. The second-order valence-corrected chi connectivity index (χ2v) is 7.92. The molecule has 1 aliphatic carbocycles. The largest absolute Gasteiger partial charge is 0.478 e. The third-order valence-electron chi connectivity index (χ3n) is 5.83. The normalized spacial score (nSPS) is 12.9. The van der Waals surface area contributed by atoms with E-state index in [2.05, 4.69) is 10.6 Å². The lowest BCUT2D eigenvalue weighted by molar-refractivity contribution is -0.118. The zero-order valence-electron chi connectivity index (χ0n) is 18.4. The number of carboxylic acids is 1. The molecule has 1 atom stereocenters. The van der Waals surface area contributed by atoms with Gasteiger partial charge in [0.05, 0.1) is 5.56 Å². The number of rotatable bonds is 7. The molecule has 3 aromatic rings. The number of aromatic carboxylic acids is 1. The molecule has 3 aromatic carbocycles. The van der Waals surface area contributed by atoms with Crippen LogP contribution in [0.2, 0.25) is 0 Å². The summed E-state index contributed by atoms with van der Waals surface area (Å²) in [5.74, 6) is -3.05. The van der Waals surface area contributed by atoms with E-state index in [1.54, 1.807) is 6.92 Å². The Morgan fingerprint density at radius 1 is 1.00 bits per heavy atom. The highest BCUT2D eigenvalue weighted by Gasteiger charge is 2.29. The number of halogens is 1. The second kappa shape index (κ2) is 9.74. The first kappa shape index (κ1) is 23.0. The molecule has 0 saturated heterocycles. The molecule has 8 heteroatoms. The number of fused-ring (bicyclic) bond motifs is 3. The highest BCUT2D eigenvalue weighted by Crippen LogP contribution is 2.44. The number of nitrogens with one attached hydrogen (secondary N) is 2. The fourth-order valence-electron chi connectivity index (χ4n) is 4.13. The van der Waals surface area contributed by atoms with Crippen LogP contribution in [-0.2, 0) is 9.53 Å². The van der Waals surface area contributed by atoms with E-state index in [-0.39, 0.29) is 24.6 Å². The average molecular weight is 462 g/mol. The van der Waals surface area contributed by atoms with E-state index >= 15 is 0 Å². The van der Waals surface area contributed by atoms with Crippen molar-refractivity contribution in [2.45, 2.75) is 25.3 Å². The van der Waals surface area contributed by atoms with Gasteiger partial charge in [-0.05, 0) is 46.9 Å². The topological polar surface area (TPSA) is 105 Å². The lowest BCUT2D eigenvalue weighted by atomic mass is 9.98. The van der Waals surface area contributed by atoms with Crippen molar-refractivity contribution in [3.63, 3.8) is 0 Å². The Labute approximate surface area is 195 Å². The molecular formula is C26H23FN2O5. The Hall–Kier alpha value is -4.20. The van der Waals surface area contributed by atoms with Gasteiger partial charge in [-0.1, -0.05) is 55.5 Å². The van der Waals surface area contributed by atoms with Crippen LogP contribution in [0.4, 0.5) is 14.9 Å². The van der Waals surface area contributed by atoms with Gasteiger partial charge in [0.1, 0.15) is 18.5 Å². The molecule has 0 spiro atoms. The summed E-state index contributed by atoms with van der Waals surface area (Å²) in [6.07, 6.45) is -0.470. The maximum atomic E-state index is 13.9. The van der Waals surface area contributed by atoms with Crippen LogP contribution < -0.4 is 10.6 Å². The summed E-state index contributed by atoms with van der Waals surface area (Å²) in [6, 6.07) is 18.3. The summed E-state index contributed by atoms with van der Waals surface area (Å²) in [5, 5.41) is 13.9. The van der Waals surface area contributed by atoms with Crippen LogP contribution in [0.1, 0.15) is 40.7 Å². The second-order valence-electron chi connectivity index (χ2n) is 7.92. The molecule has 0 radical (unpaired) electrons. The van der Waals surface area contributed by atoms with Gasteiger partial charge in [-0.25, -0.2) is 14.0 Å². The summed E-state index contributed by atoms with van der Waals surface area (Å²) in [5.41, 5.74) is 3.96. The summed E-state index contributed by atoms with van der Waals surface area (Å²) in [4.78, 5) is 36.0. The number of alkyl carbamates (subject to hydrolysis) is 1. The van der Waals surface area contributed by atoms with E-state index in [4.69, 9.17) is 9.84 Å². The van der Waals surface area contributed by atoms with Crippen LogP contribution in [0.25, 0.3) is 11.1 Å². The van der Waals surface area contributed by atoms with Gasteiger partial charge in [0, 0.05) is 11.6 Å². The number of hydrogen-bond acceptors (Lipinski definition) is 4. The minimum absolute atomic E-state index is 0.0836. The number of carbonyl (C=O) groups excluding carboxylic acids is 2. The zero-order chi connectivity index (χ0) is 24.2. The monoisotopic (exact) mass is 462 g/mol. The lowest BCUT2D eigenvalue weighted by Gasteiger charge is -2.19. The number of carbonyl (C=O) groups is 3. The lowest BCUT2D eigenvalue weighted by Crippen LogP contribution is -2.43. The minimum atomic E-state index is -1.40. The van der Waals surface area contributed by atoms with E-state index in [1.165, 1.54) is 6.07 Å². The smallest absolute Gasteiger partial charge is 0.407 e. The van der Waals surface area contributed by atoms with Crippen molar-refractivity contribution in [1.82, 2.24) is 5.32 Å². The van der Waals surface area contributed by atoms with Gasteiger partial charge in [-0.3, -0.25) is 4.79 Å². The maximum Gasteiger partial charge on any atom is 0.407 e. The molecule has 0 fully saturated rings. The van der Waals surface area contributed by atoms with Crippen LogP contribution in [0.5, 0.6) is 0 Å². The highest BCUT2D eigenvalue weighted by atomic mass is 19.1. The van der Waals surface area contributed by atoms with Crippen molar-refractivity contribution in [3.05, 3.63) is 89.2 Å². The Balaban J connectivity index is 1.38. The van der Waals surface area contributed by atoms with Gasteiger partial charge in [0.2, 0.25) is 5.91 Å². The van der Waals surface area contributed by atoms with Gasteiger partial charge in [-0.2, -0.15) is 0 Å². The molecule has 34 heavy (non-hydrogen) atoms. The molecule has 7 nitrogen and oxygen atoms in total. The summed E-state index contributed by atoms with van der Waals surface area (Å²) in [6.45, 7) is 1.82. The van der Waals surface area contributed by atoms with Gasteiger partial charge < -0.3 is 20.5 Å². The molecule has 3 N–H and O–H groups in total. The van der Waals surface area contributed by atoms with E-state index < -0.39 is 35.4 Å². The average Bonchev–Trinajstić information content (AvgIpc) is 3.14. The van der Waals surface area contributed by atoms with Crippen LogP contribution in [0, 0.1) is 5.82 Å². The Bertz CT molecular complexity index is 1210. The number of hydrogen-bond donors (Lipinski definition) is 3. The Morgan fingerprint density at radius 2 is 1.62 bits per heavy atom. The summed E-state index contributed by atoms with van der Waals surface area (Å²) >= 11 is 0. The highest BCUT2D eigenvalue weighted by molar-refractivity contribution is 5.97. The first-order valence-corrected chi connectivity index (χ1v) is 10.8. The zero-order valence-corrected chi connectivity index (χ0v) is 18.4. The number of ether oxygens (including phenoxy) is 1. The quantitative estimate of drug-likeness (QED) is 0.469. The van der Waals surface area contributed by atoms with Crippen molar-refractivity contribution < 1.29 is 28.6 Å². The van der Waals surface area contributed by atoms with E-state index in [9.17, 15) is 18.8 Å². The van der Waals surface area contributed by atoms with Crippen LogP contribution in [0.3, 0.4) is 0 Å². The molecule has 0 unspecified atom stereocenters. The minimum Gasteiger partial charge on any atom is -0.478 e. The fraction of sp³-hybridized carbons (Fsp3) is 0.192. The predicted octanol–water partition coefficient (Wildman–Crippen LogP) is 4.78. The molecule has 0 saturated carbocycles. The van der Waals surface area contributed by atoms with Crippen molar-refractivity contribution in [2.24, 2.45) is 0 Å². The number of carboxylic acid groups (broad SMARTS) is 1. The molecule has 0 aromatic heterocycles. The molecule has 0 aliphatic heterocycles. The number of benzene rings is 3. The molecular weight excluding hydrogens is 439 g/mol. The summed E-state index contributed by atoms with van der Waals surface area (Å²) in [7, 11) is 0. The fourth-order valence-corrected chi connectivity index (χ4v) is 4.13. The van der Waals surface area contributed by atoms with Crippen molar-refractivity contribution in [2.75, 3.05) is 11.9 Å². The molecule has 0 heterocycles. The van der Waals surface area contributed by atoms with E-state index in [0.29, 0.717) is 0 Å². The third-order valence-corrected chi connectivity index (χ3v) is 5.83. The van der Waals surface area contributed by atoms with Gasteiger partial charge >= 0.3 is 12.1 Å². The maximum absolute atomic E-state index is 13.9. The molecule has 1 aliphatic rings. The van der Waals surface area contributed by atoms with Crippen LogP contribution in [0.15, 0.2) is 66.7 Å². The number of amides is 2. The van der Waals surface area contributed by atoms with Crippen LogP contribution >= 0.6 is 0 Å². The van der Waals surface area contributed by atoms with Crippen molar-refractivity contribution in [1.29, 1.82) is 0 Å². The van der Waals surface area contributed by atoms with E-state index in [1.807, 2.05) is 48.5 Å². The van der Waals surface area contributed by atoms with E-state index in [0.717, 1.165) is 34.4 Å². The predicted molar refractivity (Wildman–Crippen MR) is 124 cm³/mol. The summed E-state index contributed by atoms with van der Waals surface area (Å²) < 4.78 is 19.4. The molecule has 4 rings (SSSR count). The Morgan fingerprint density at radius 3 is 2.18 bits per heavy atom. The van der Waals surface area contributed by atoms with Gasteiger partial charge in [-0.15, -0.1) is 0 Å². The molecule has 0 bridgehead atoms. The van der Waals surface area contributed by atoms with Gasteiger partial charge in [0.15, 0.2) is 0 Å².